The summed E-state index contributed by atoms with van der Waals surface area (Å²) in [6, 6.07) is 12.4. The van der Waals surface area contributed by atoms with Crippen LogP contribution in [-0.4, -0.2) is 9.55 Å². The van der Waals surface area contributed by atoms with Crippen molar-refractivity contribution in [3.63, 3.8) is 0 Å². The predicted molar refractivity (Wildman–Crippen MR) is 94.7 cm³/mol. The van der Waals surface area contributed by atoms with Crippen molar-refractivity contribution >= 4 is 21.6 Å². The lowest BCUT2D eigenvalue weighted by Gasteiger charge is -2.06. The van der Waals surface area contributed by atoms with Crippen molar-refractivity contribution in [3.8, 4) is 17.4 Å². The van der Waals surface area contributed by atoms with Gasteiger partial charge in [-0.1, -0.05) is 12.1 Å². The van der Waals surface area contributed by atoms with Gasteiger partial charge in [-0.2, -0.15) is 5.26 Å². The Bertz CT molecular complexity index is 1220. The van der Waals surface area contributed by atoms with Crippen LogP contribution in [0, 0.1) is 11.3 Å². The normalized spacial score (nSPS) is 10.8. The van der Waals surface area contributed by atoms with Crippen molar-refractivity contribution in [2.45, 2.75) is 6.54 Å². The minimum Gasteiger partial charge on any atom is -0.464 e. The molecular weight excluding hydrogens is 338 g/mol. The second-order valence-electron chi connectivity index (χ2n) is 5.46. The summed E-state index contributed by atoms with van der Waals surface area (Å²) in [6.07, 6.45) is 1.54. The van der Waals surface area contributed by atoms with Gasteiger partial charge in [-0.25, -0.2) is 4.79 Å². The Morgan fingerprint density at radius 2 is 2.12 bits per heavy atom. The first-order valence-corrected chi connectivity index (χ1v) is 8.32. The van der Waals surface area contributed by atoms with Gasteiger partial charge < -0.3 is 4.42 Å². The number of thiophene rings is 1. The zero-order valence-electron chi connectivity index (χ0n) is 12.9. The van der Waals surface area contributed by atoms with Gasteiger partial charge >= 0.3 is 5.69 Å². The van der Waals surface area contributed by atoms with Crippen LogP contribution in [0.1, 0.15) is 11.1 Å². The first-order chi connectivity index (χ1) is 12.2. The fourth-order valence-electron chi connectivity index (χ4n) is 2.73. The molecule has 0 unspecified atom stereocenters. The lowest BCUT2D eigenvalue weighted by molar-refractivity contribution is 0.583. The molecule has 7 heteroatoms. The molecule has 0 aliphatic heterocycles. The van der Waals surface area contributed by atoms with E-state index in [1.165, 1.54) is 17.6 Å². The number of hydrogen-bond donors (Lipinski definition) is 1. The number of hydrogen-bond acceptors (Lipinski definition) is 5. The minimum atomic E-state index is -0.479. The van der Waals surface area contributed by atoms with E-state index in [9.17, 15) is 9.59 Å². The maximum Gasteiger partial charge on any atom is 0.329 e. The van der Waals surface area contributed by atoms with Crippen LogP contribution in [0.2, 0.25) is 0 Å². The average molecular weight is 349 g/mol. The molecule has 25 heavy (non-hydrogen) atoms. The Morgan fingerprint density at radius 1 is 1.24 bits per heavy atom. The Kier molecular flexibility index (Phi) is 3.60. The van der Waals surface area contributed by atoms with Gasteiger partial charge in [0.1, 0.15) is 10.6 Å². The molecule has 3 aromatic heterocycles. The van der Waals surface area contributed by atoms with Gasteiger partial charge in [0.15, 0.2) is 0 Å². The molecule has 0 aliphatic rings. The number of furan rings is 1. The summed E-state index contributed by atoms with van der Waals surface area (Å²) in [5.74, 6) is 0.577. The van der Waals surface area contributed by atoms with Crippen LogP contribution < -0.4 is 11.2 Å². The van der Waals surface area contributed by atoms with Crippen molar-refractivity contribution < 1.29 is 4.42 Å². The van der Waals surface area contributed by atoms with Crippen LogP contribution >= 0.6 is 11.3 Å². The number of fused-ring (bicyclic) bond motifs is 1. The van der Waals surface area contributed by atoms with E-state index in [4.69, 9.17) is 9.68 Å². The smallest absolute Gasteiger partial charge is 0.329 e. The van der Waals surface area contributed by atoms with Gasteiger partial charge in [-0.05, 0) is 29.8 Å². The number of rotatable bonds is 3. The molecule has 1 aromatic carbocycles. The number of nitrogens with one attached hydrogen (secondary N) is 1. The van der Waals surface area contributed by atoms with Crippen molar-refractivity contribution in [2.75, 3.05) is 0 Å². The largest absolute Gasteiger partial charge is 0.464 e. The van der Waals surface area contributed by atoms with Crippen LogP contribution in [0.3, 0.4) is 0 Å². The minimum absolute atomic E-state index is 0.0903. The SMILES string of the molecule is N#Cc1cccc(Cn2c(=O)[nH]c3scc(-c4ccco4)c3c2=O)c1. The molecule has 3 heterocycles. The fraction of sp³-hybridized carbons (Fsp3) is 0.0556. The van der Waals surface area contributed by atoms with Gasteiger partial charge in [0.2, 0.25) is 0 Å². The van der Waals surface area contributed by atoms with E-state index in [1.54, 1.807) is 41.8 Å². The third kappa shape index (κ3) is 2.58. The van der Waals surface area contributed by atoms with E-state index in [2.05, 4.69) is 11.1 Å². The number of nitriles is 1. The van der Waals surface area contributed by atoms with E-state index in [-0.39, 0.29) is 12.1 Å². The monoisotopic (exact) mass is 349 g/mol. The molecular formula is C18H11N3O3S. The second-order valence-corrected chi connectivity index (χ2v) is 6.34. The topological polar surface area (TPSA) is 91.8 Å². The summed E-state index contributed by atoms with van der Waals surface area (Å²) in [7, 11) is 0. The van der Waals surface area contributed by atoms with E-state index in [1.807, 2.05) is 0 Å². The molecule has 0 aliphatic carbocycles. The predicted octanol–water partition coefficient (Wildman–Crippen LogP) is 2.93. The third-order valence-corrected chi connectivity index (χ3v) is 4.79. The van der Waals surface area contributed by atoms with Crippen molar-refractivity contribution in [3.05, 3.63) is 80.0 Å². The number of benzene rings is 1. The zero-order valence-corrected chi connectivity index (χ0v) is 13.7. The van der Waals surface area contributed by atoms with Crippen molar-refractivity contribution in [1.29, 1.82) is 5.26 Å². The third-order valence-electron chi connectivity index (χ3n) is 3.90. The summed E-state index contributed by atoms with van der Waals surface area (Å²) in [6.45, 7) is 0.0903. The van der Waals surface area contributed by atoms with Crippen molar-refractivity contribution in [1.82, 2.24) is 9.55 Å². The summed E-state index contributed by atoms with van der Waals surface area (Å²) in [5.41, 5.74) is 0.989. The molecule has 0 bridgehead atoms. The Hall–Kier alpha value is -3.37. The van der Waals surface area contributed by atoms with Crippen LogP contribution in [0.15, 0.2) is 62.0 Å². The number of aromatic nitrogens is 2. The maximum absolute atomic E-state index is 12.9. The average Bonchev–Trinajstić information content (AvgIpc) is 3.28. The van der Waals surface area contributed by atoms with Gasteiger partial charge in [-0.3, -0.25) is 14.3 Å². The van der Waals surface area contributed by atoms with E-state index < -0.39 is 5.69 Å². The maximum atomic E-state index is 12.9. The lowest BCUT2D eigenvalue weighted by atomic mass is 10.1. The fourth-order valence-corrected chi connectivity index (χ4v) is 3.66. The van der Waals surface area contributed by atoms with E-state index in [0.29, 0.717) is 32.7 Å². The molecule has 4 rings (SSSR count). The highest BCUT2D eigenvalue weighted by molar-refractivity contribution is 7.17. The molecule has 0 fully saturated rings. The van der Waals surface area contributed by atoms with Crippen LogP contribution in [0.25, 0.3) is 21.5 Å². The highest BCUT2D eigenvalue weighted by atomic mass is 32.1. The molecule has 0 atom stereocenters. The summed E-state index contributed by atoms with van der Waals surface area (Å²) in [5, 5.41) is 11.2. The second kappa shape index (κ2) is 5.92. The quantitative estimate of drug-likeness (QED) is 0.615. The number of H-pyrrole nitrogens is 1. The van der Waals surface area contributed by atoms with E-state index >= 15 is 0 Å². The first kappa shape index (κ1) is 15.2. The standard InChI is InChI=1S/C18H11N3O3S/c19-8-11-3-1-4-12(7-11)9-21-17(22)15-13(14-5-2-6-24-14)10-25-16(15)20-18(21)23/h1-7,10H,9H2,(H,20,23). The molecule has 0 spiro atoms. The summed E-state index contributed by atoms with van der Waals surface area (Å²) in [4.78, 5) is 28.5. The zero-order chi connectivity index (χ0) is 17.4. The Morgan fingerprint density at radius 3 is 2.88 bits per heavy atom. The van der Waals surface area contributed by atoms with Gasteiger partial charge in [0.05, 0.1) is 29.8 Å². The van der Waals surface area contributed by atoms with Crippen molar-refractivity contribution in [2.24, 2.45) is 0 Å². The molecule has 0 saturated heterocycles. The molecule has 1 N–H and O–H groups in total. The molecule has 6 nitrogen and oxygen atoms in total. The molecule has 0 radical (unpaired) electrons. The highest BCUT2D eigenvalue weighted by Gasteiger charge is 2.16. The first-order valence-electron chi connectivity index (χ1n) is 7.44. The molecule has 0 saturated carbocycles. The van der Waals surface area contributed by atoms with Crippen LogP contribution in [0.5, 0.6) is 0 Å². The molecule has 0 amide bonds. The Balaban J connectivity index is 1.90. The van der Waals surface area contributed by atoms with E-state index in [0.717, 1.165) is 4.57 Å². The van der Waals surface area contributed by atoms with Gasteiger partial charge in [0, 0.05) is 10.9 Å². The highest BCUT2D eigenvalue weighted by Crippen LogP contribution is 2.30. The summed E-state index contributed by atoms with van der Waals surface area (Å²) < 4.78 is 6.53. The number of nitrogens with zero attached hydrogens (tertiary/aromatic N) is 2. The number of aromatic amines is 1. The van der Waals surface area contributed by atoms with Crippen LogP contribution in [-0.2, 0) is 6.54 Å². The lowest BCUT2D eigenvalue weighted by Crippen LogP contribution is -2.35. The molecule has 4 aromatic rings. The van der Waals surface area contributed by atoms with Gasteiger partial charge in [0.25, 0.3) is 5.56 Å². The van der Waals surface area contributed by atoms with Crippen LogP contribution in [0.4, 0.5) is 0 Å². The molecule has 122 valence electrons. The van der Waals surface area contributed by atoms with Gasteiger partial charge in [-0.15, -0.1) is 11.3 Å². The summed E-state index contributed by atoms with van der Waals surface area (Å²) >= 11 is 1.29. The Labute approximate surface area is 145 Å².